The molecule has 1 heterocycles. The minimum Gasteiger partial charge on any atom is -0.493 e. The molecule has 152 valence electrons. The normalized spacial score (nSPS) is 11.6. The Balaban J connectivity index is 1.78. The van der Waals surface area contributed by atoms with Crippen LogP contribution in [0.4, 0.5) is 0 Å². The van der Waals surface area contributed by atoms with Crippen molar-refractivity contribution in [1.29, 1.82) is 0 Å². The van der Waals surface area contributed by atoms with Crippen LogP contribution in [0.15, 0.2) is 40.8 Å². The lowest BCUT2D eigenvalue weighted by Crippen LogP contribution is -2.10. The minimum atomic E-state index is -0.742. The van der Waals surface area contributed by atoms with Gasteiger partial charge in [0.25, 0.3) is 5.89 Å². The maximum absolute atomic E-state index is 12.6. The fourth-order valence-corrected chi connectivity index (χ4v) is 2.69. The van der Waals surface area contributed by atoms with Crippen molar-refractivity contribution in [2.75, 3.05) is 21.3 Å². The Kier molecular flexibility index (Phi) is 6.01. The van der Waals surface area contributed by atoms with Crippen LogP contribution in [0.1, 0.15) is 34.8 Å². The number of hydrogen-bond acceptors (Lipinski definition) is 8. The topological polar surface area (TPSA) is 92.9 Å². The molecular weight excluding hydrogens is 376 g/mol. The lowest BCUT2D eigenvalue weighted by molar-refractivity contribution is 0.0279. The zero-order valence-electron chi connectivity index (χ0n) is 16.9. The highest BCUT2D eigenvalue weighted by molar-refractivity contribution is 5.91. The highest BCUT2D eigenvalue weighted by atomic mass is 16.6. The van der Waals surface area contributed by atoms with Crippen LogP contribution in [-0.4, -0.2) is 37.5 Å². The molecule has 0 fully saturated rings. The molecular formula is C21H22N2O6. The second-order valence-corrected chi connectivity index (χ2v) is 6.27. The van der Waals surface area contributed by atoms with E-state index in [0.717, 1.165) is 11.1 Å². The Bertz CT molecular complexity index is 972. The molecule has 1 aromatic heterocycles. The highest BCUT2D eigenvalue weighted by Gasteiger charge is 2.23. The third-order valence-corrected chi connectivity index (χ3v) is 4.27. The number of carbonyl (C=O) groups is 1. The molecule has 3 aromatic rings. The van der Waals surface area contributed by atoms with Gasteiger partial charge in [0.1, 0.15) is 0 Å². The van der Waals surface area contributed by atoms with Crippen LogP contribution in [0.2, 0.25) is 0 Å². The van der Waals surface area contributed by atoms with Crippen LogP contribution >= 0.6 is 0 Å². The molecule has 0 N–H and O–H groups in total. The van der Waals surface area contributed by atoms with E-state index in [0.29, 0.717) is 23.1 Å². The number of nitrogens with zero attached hydrogens (tertiary/aromatic N) is 2. The molecule has 0 bridgehead atoms. The molecule has 0 saturated carbocycles. The quantitative estimate of drug-likeness (QED) is 0.552. The zero-order valence-corrected chi connectivity index (χ0v) is 16.9. The van der Waals surface area contributed by atoms with Gasteiger partial charge in [0.15, 0.2) is 17.6 Å². The number of benzene rings is 2. The van der Waals surface area contributed by atoms with Crippen molar-refractivity contribution in [3.05, 3.63) is 53.4 Å². The highest BCUT2D eigenvalue weighted by Crippen LogP contribution is 2.38. The van der Waals surface area contributed by atoms with E-state index in [1.54, 1.807) is 6.92 Å². The lowest BCUT2D eigenvalue weighted by Gasteiger charge is -2.14. The molecule has 8 nitrogen and oxygen atoms in total. The summed E-state index contributed by atoms with van der Waals surface area (Å²) in [6, 6.07) is 10.7. The molecule has 8 heteroatoms. The molecule has 2 aromatic carbocycles. The van der Waals surface area contributed by atoms with Crippen molar-refractivity contribution >= 4 is 5.97 Å². The monoisotopic (exact) mass is 398 g/mol. The summed E-state index contributed by atoms with van der Waals surface area (Å²) in [5.41, 5.74) is 2.16. The van der Waals surface area contributed by atoms with Crippen LogP contribution in [-0.2, 0) is 4.74 Å². The van der Waals surface area contributed by atoms with E-state index in [2.05, 4.69) is 10.2 Å². The van der Waals surface area contributed by atoms with Crippen LogP contribution in [0.25, 0.3) is 11.5 Å². The van der Waals surface area contributed by atoms with E-state index < -0.39 is 12.1 Å². The van der Waals surface area contributed by atoms with Gasteiger partial charge in [-0.1, -0.05) is 17.7 Å². The van der Waals surface area contributed by atoms with Gasteiger partial charge in [0.2, 0.25) is 11.6 Å². The van der Waals surface area contributed by atoms with Crippen molar-refractivity contribution < 1.29 is 28.2 Å². The molecule has 0 aliphatic heterocycles. The van der Waals surface area contributed by atoms with Crippen molar-refractivity contribution in [3.63, 3.8) is 0 Å². The summed E-state index contributed by atoms with van der Waals surface area (Å²) in [7, 11) is 4.43. The fourth-order valence-electron chi connectivity index (χ4n) is 2.69. The molecule has 0 unspecified atom stereocenters. The number of ether oxygens (including phenoxy) is 4. The third-order valence-electron chi connectivity index (χ3n) is 4.27. The number of carbonyl (C=O) groups excluding carboxylic acids is 1. The van der Waals surface area contributed by atoms with E-state index in [9.17, 15) is 4.79 Å². The number of methoxy groups -OCH3 is 3. The third kappa shape index (κ3) is 4.31. The summed E-state index contributed by atoms with van der Waals surface area (Å²) in [4.78, 5) is 12.6. The predicted molar refractivity (Wildman–Crippen MR) is 104 cm³/mol. The minimum absolute atomic E-state index is 0.196. The molecule has 29 heavy (non-hydrogen) atoms. The maximum atomic E-state index is 12.6. The summed E-state index contributed by atoms with van der Waals surface area (Å²) in [6.07, 6.45) is -0.742. The van der Waals surface area contributed by atoms with Crippen LogP contribution in [0.3, 0.4) is 0 Å². The lowest BCUT2D eigenvalue weighted by atomic mass is 10.1. The van der Waals surface area contributed by atoms with E-state index in [-0.39, 0.29) is 11.5 Å². The maximum Gasteiger partial charge on any atom is 0.339 e. The van der Waals surface area contributed by atoms with E-state index in [1.165, 1.54) is 33.5 Å². The first-order chi connectivity index (χ1) is 14.0. The Morgan fingerprint density at radius 1 is 0.966 bits per heavy atom. The van der Waals surface area contributed by atoms with Gasteiger partial charge in [-0.25, -0.2) is 4.79 Å². The number of hydrogen-bond donors (Lipinski definition) is 0. The average molecular weight is 398 g/mol. The van der Waals surface area contributed by atoms with Gasteiger partial charge in [0, 0.05) is 5.56 Å². The average Bonchev–Trinajstić information content (AvgIpc) is 3.23. The first kappa shape index (κ1) is 20.2. The Morgan fingerprint density at radius 3 is 2.14 bits per heavy atom. The van der Waals surface area contributed by atoms with Crippen molar-refractivity contribution in [2.45, 2.75) is 20.0 Å². The van der Waals surface area contributed by atoms with E-state index >= 15 is 0 Å². The zero-order chi connectivity index (χ0) is 21.0. The molecule has 1 atom stereocenters. The van der Waals surface area contributed by atoms with Gasteiger partial charge in [-0.05, 0) is 38.1 Å². The van der Waals surface area contributed by atoms with Gasteiger partial charge in [-0.3, -0.25) is 0 Å². The predicted octanol–water partition coefficient (Wildman–Crippen LogP) is 3.99. The second kappa shape index (κ2) is 8.64. The standard InChI is InChI=1S/C21H22N2O6/c1-12-6-8-14(9-7-12)20-23-22-19(29-20)13(2)28-21(24)15-10-16(25-3)18(27-5)17(11-15)26-4/h6-11,13H,1-5H3/t13-/m0/s1. The van der Waals surface area contributed by atoms with Crippen LogP contribution in [0, 0.1) is 6.92 Å². The van der Waals surface area contributed by atoms with Gasteiger partial charge < -0.3 is 23.4 Å². The summed E-state index contributed by atoms with van der Waals surface area (Å²) in [5, 5.41) is 8.02. The summed E-state index contributed by atoms with van der Waals surface area (Å²) >= 11 is 0. The number of rotatable bonds is 7. The molecule has 0 aliphatic carbocycles. The van der Waals surface area contributed by atoms with Crippen LogP contribution < -0.4 is 14.2 Å². The molecule has 0 radical (unpaired) electrons. The van der Waals surface area contributed by atoms with Crippen molar-refractivity contribution in [3.8, 4) is 28.7 Å². The van der Waals surface area contributed by atoms with Gasteiger partial charge in [-0.2, -0.15) is 0 Å². The van der Waals surface area contributed by atoms with E-state index in [4.69, 9.17) is 23.4 Å². The number of esters is 1. The summed E-state index contributed by atoms with van der Waals surface area (Å²) in [6.45, 7) is 3.65. The molecule has 0 spiro atoms. The number of aryl methyl sites for hydroxylation is 1. The second-order valence-electron chi connectivity index (χ2n) is 6.27. The Morgan fingerprint density at radius 2 is 1.59 bits per heavy atom. The molecule has 3 rings (SSSR count). The molecule has 0 aliphatic rings. The Hall–Kier alpha value is -3.55. The molecule has 0 saturated heterocycles. The fraction of sp³-hybridized carbons (Fsp3) is 0.286. The smallest absolute Gasteiger partial charge is 0.339 e. The van der Waals surface area contributed by atoms with E-state index in [1.807, 2.05) is 31.2 Å². The van der Waals surface area contributed by atoms with Crippen molar-refractivity contribution in [1.82, 2.24) is 10.2 Å². The summed E-state index contributed by atoms with van der Waals surface area (Å²) < 4.78 is 26.9. The molecule has 0 amide bonds. The SMILES string of the molecule is COc1cc(C(=O)O[C@@H](C)c2nnc(-c3ccc(C)cc3)o2)cc(OC)c1OC. The Labute approximate surface area is 168 Å². The van der Waals surface area contributed by atoms with Gasteiger partial charge in [0.05, 0.1) is 26.9 Å². The van der Waals surface area contributed by atoms with Crippen molar-refractivity contribution in [2.24, 2.45) is 0 Å². The first-order valence-electron chi connectivity index (χ1n) is 8.88. The van der Waals surface area contributed by atoms with Gasteiger partial charge >= 0.3 is 5.97 Å². The number of aromatic nitrogens is 2. The first-order valence-corrected chi connectivity index (χ1v) is 8.88. The summed E-state index contributed by atoms with van der Waals surface area (Å²) in [5.74, 6) is 1.06. The van der Waals surface area contributed by atoms with Crippen LogP contribution in [0.5, 0.6) is 17.2 Å². The largest absolute Gasteiger partial charge is 0.493 e. The van der Waals surface area contributed by atoms with Gasteiger partial charge in [-0.15, -0.1) is 10.2 Å².